The fraction of sp³-hybridized carbons (Fsp3) is 0.154. The molecule has 0 N–H and O–H groups in total. The minimum atomic E-state index is -0.493. The van der Waals surface area contributed by atoms with E-state index in [4.69, 9.17) is 23.7 Å². The second kappa shape index (κ2) is 9.08. The van der Waals surface area contributed by atoms with Crippen molar-refractivity contribution >= 4 is 17.8 Å². The zero-order valence-electron chi connectivity index (χ0n) is 18.6. The Morgan fingerprint density at radius 2 is 1.55 bits per heavy atom. The highest BCUT2D eigenvalue weighted by Gasteiger charge is 2.28. The summed E-state index contributed by atoms with van der Waals surface area (Å²) in [6, 6.07) is 15.1. The van der Waals surface area contributed by atoms with Gasteiger partial charge in [-0.3, -0.25) is 4.79 Å². The highest BCUT2D eigenvalue weighted by atomic mass is 16.5. The second-order valence-electron chi connectivity index (χ2n) is 7.31. The molecular weight excluding hydrogens is 424 g/mol. The van der Waals surface area contributed by atoms with E-state index in [-0.39, 0.29) is 17.3 Å². The average molecular weight is 446 g/mol. The normalized spacial score (nSPS) is 13.3. The van der Waals surface area contributed by atoms with Gasteiger partial charge in [0.15, 0.2) is 17.3 Å². The summed E-state index contributed by atoms with van der Waals surface area (Å²) in [5.41, 5.74) is 2.49. The van der Waals surface area contributed by atoms with Gasteiger partial charge < -0.3 is 23.7 Å². The SMILES string of the molecule is COc1cc(C=C2Oc3cc(OC(=O)c4ccc(C)cc4)ccc3C2=O)cc(OC)c1OC. The molecule has 0 spiro atoms. The monoisotopic (exact) mass is 446 g/mol. The molecular formula is C26H22O7. The van der Waals surface area contributed by atoms with Gasteiger partial charge in [0.25, 0.3) is 0 Å². The van der Waals surface area contributed by atoms with Crippen LogP contribution in [0.2, 0.25) is 0 Å². The van der Waals surface area contributed by atoms with Crippen LogP contribution < -0.4 is 23.7 Å². The lowest BCUT2D eigenvalue weighted by atomic mass is 10.1. The maximum absolute atomic E-state index is 12.8. The topological polar surface area (TPSA) is 80.3 Å². The Labute approximate surface area is 191 Å². The maximum atomic E-state index is 12.8. The number of carbonyl (C=O) groups is 2. The van der Waals surface area contributed by atoms with Gasteiger partial charge in [-0.2, -0.15) is 0 Å². The third-order valence-electron chi connectivity index (χ3n) is 5.12. The molecule has 0 aliphatic carbocycles. The van der Waals surface area contributed by atoms with Crippen molar-refractivity contribution in [2.24, 2.45) is 0 Å². The van der Waals surface area contributed by atoms with Crippen LogP contribution >= 0.6 is 0 Å². The van der Waals surface area contributed by atoms with E-state index >= 15 is 0 Å². The van der Waals surface area contributed by atoms with Crippen LogP contribution in [-0.4, -0.2) is 33.1 Å². The fourth-order valence-electron chi connectivity index (χ4n) is 3.42. The van der Waals surface area contributed by atoms with E-state index in [0.29, 0.717) is 39.7 Å². The molecule has 0 saturated heterocycles. The summed E-state index contributed by atoms with van der Waals surface area (Å²) in [7, 11) is 4.55. The lowest BCUT2D eigenvalue weighted by Crippen LogP contribution is -2.08. The molecule has 0 bridgehead atoms. The number of allylic oxidation sites excluding steroid dienone is 1. The molecule has 0 atom stereocenters. The van der Waals surface area contributed by atoms with Crippen molar-refractivity contribution in [3.63, 3.8) is 0 Å². The molecule has 0 saturated carbocycles. The van der Waals surface area contributed by atoms with E-state index in [1.165, 1.54) is 27.4 Å². The first-order valence-electron chi connectivity index (χ1n) is 10.1. The van der Waals surface area contributed by atoms with Gasteiger partial charge in [-0.15, -0.1) is 0 Å². The number of aryl methyl sites for hydroxylation is 1. The van der Waals surface area contributed by atoms with Crippen molar-refractivity contribution in [1.29, 1.82) is 0 Å². The molecule has 168 valence electrons. The largest absolute Gasteiger partial charge is 0.493 e. The standard InChI is InChI=1S/C26H22O7/c1-15-5-7-17(8-6-15)26(28)32-18-9-10-19-20(14-18)33-21(24(19)27)11-16-12-22(29-2)25(31-4)23(13-16)30-3/h5-14H,1-4H3. The Morgan fingerprint density at radius 3 is 2.15 bits per heavy atom. The van der Waals surface area contributed by atoms with Crippen LogP contribution in [0.5, 0.6) is 28.7 Å². The summed E-state index contributed by atoms with van der Waals surface area (Å²) in [5, 5.41) is 0. The second-order valence-corrected chi connectivity index (χ2v) is 7.31. The molecule has 3 aromatic rings. The van der Waals surface area contributed by atoms with E-state index in [9.17, 15) is 9.59 Å². The zero-order chi connectivity index (χ0) is 23.5. The van der Waals surface area contributed by atoms with Crippen LogP contribution in [-0.2, 0) is 0 Å². The molecule has 3 aromatic carbocycles. The van der Waals surface area contributed by atoms with Gasteiger partial charge in [0.05, 0.1) is 32.5 Å². The summed E-state index contributed by atoms with van der Waals surface area (Å²) < 4.78 is 27.3. The van der Waals surface area contributed by atoms with Gasteiger partial charge in [-0.05, 0) is 55.0 Å². The zero-order valence-corrected chi connectivity index (χ0v) is 18.6. The summed E-state index contributed by atoms with van der Waals surface area (Å²) >= 11 is 0. The molecule has 7 heteroatoms. The summed E-state index contributed by atoms with van der Waals surface area (Å²) in [6.07, 6.45) is 1.59. The quantitative estimate of drug-likeness (QED) is 0.304. The number of rotatable bonds is 6. The Balaban J connectivity index is 1.58. The number of methoxy groups -OCH3 is 3. The lowest BCUT2D eigenvalue weighted by molar-refractivity contribution is 0.0734. The van der Waals surface area contributed by atoms with Gasteiger partial charge >= 0.3 is 5.97 Å². The summed E-state index contributed by atoms with van der Waals surface area (Å²) in [5.74, 6) is 1.30. The Bertz CT molecular complexity index is 1230. The molecule has 1 heterocycles. The van der Waals surface area contributed by atoms with E-state index < -0.39 is 5.97 Å². The van der Waals surface area contributed by atoms with Crippen LogP contribution in [0.15, 0.2) is 60.4 Å². The predicted molar refractivity (Wildman–Crippen MR) is 122 cm³/mol. The predicted octanol–water partition coefficient (Wildman–Crippen LogP) is 4.86. The number of hydrogen-bond acceptors (Lipinski definition) is 7. The van der Waals surface area contributed by atoms with E-state index in [1.807, 2.05) is 19.1 Å². The third-order valence-corrected chi connectivity index (χ3v) is 5.12. The Morgan fingerprint density at radius 1 is 0.879 bits per heavy atom. The van der Waals surface area contributed by atoms with Crippen molar-refractivity contribution in [2.45, 2.75) is 6.92 Å². The van der Waals surface area contributed by atoms with Crippen molar-refractivity contribution in [3.05, 3.63) is 82.6 Å². The highest BCUT2D eigenvalue weighted by molar-refractivity contribution is 6.14. The number of fused-ring (bicyclic) bond motifs is 1. The molecule has 1 aliphatic rings. The molecule has 0 fully saturated rings. The Kier molecular flexibility index (Phi) is 6.04. The molecule has 0 radical (unpaired) electrons. The summed E-state index contributed by atoms with van der Waals surface area (Å²) in [4.78, 5) is 25.2. The maximum Gasteiger partial charge on any atom is 0.343 e. The van der Waals surface area contributed by atoms with Crippen LogP contribution in [0, 0.1) is 6.92 Å². The highest BCUT2D eigenvalue weighted by Crippen LogP contribution is 2.40. The van der Waals surface area contributed by atoms with Gasteiger partial charge in [0.1, 0.15) is 11.5 Å². The van der Waals surface area contributed by atoms with Gasteiger partial charge in [0, 0.05) is 6.07 Å². The van der Waals surface area contributed by atoms with E-state index in [1.54, 1.807) is 42.5 Å². The summed E-state index contributed by atoms with van der Waals surface area (Å²) in [6.45, 7) is 1.94. The minimum absolute atomic E-state index is 0.126. The smallest absolute Gasteiger partial charge is 0.343 e. The van der Waals surface area contributed by atoms with Gasteiger partial charge in [-0.1, -0.05) is 17.7 Å². The van der Waals surface area contributed by atoms with Crippen molar-refractivity contribution in [3.8, 4) is 28.7 Å². The number of carbonyl (C=O) groups excluding carboxylic acids is 2. The van der Waals surface area contributed by atoms with Crippen LogP contribution in [0.1, 0.15) is 31.8 Å². The van der Waals surface area contributed by atoms with Crippen molar-refractivity contribution in [1.82, 2.24) is 0 Å². The first-order chi connectivity index (χ1) is 15.9. The molecule has 1 aliphatic heterocycles. The molecule has 0 amide bonds. The number of Topliss-reactive ketones (excluding diaryl/α,β-unsaturated/α-hetero) is 1. The third kappa shape index (κ3) is 4.39. The molecule has 4 rings (SSSR count). The van der Waals surface area contributed by atoms with Crippen LogP contribution in [0.25, 0.3) is 6.08 Å². The number of esters is 1. The molecule has 7 nitrogen and oxygen atoms in total. The van der Waals surface area contributed by atoms with Gasteiger partial charge in [-0.25, -0.2) is 4.79 Å². The fourth-order valence-corrected chi connectivity index (χ4v) is 3.42. The first-order valence-corrected chi connectivity index (χ1v) is 10.1. The molecule has 33 heavy (non-hydrogen) atoms. The van der Waals surface area contributed by atoms with Crippen molar-refractivity contribution < 1.29 is 33.3 Å². The molecule has 0 unspecified atom stereocenters. The first kappa shape index (κ1) is 22.0. The van der Waals surface area contributed by atoms with E-state index in [2.05, 4.69) is 0 Å². The minimum Gasteiger partial charge on any atom is -0.493 e. The lowest BCUT2D eigenvalue weighted by Gasteiger charge is -2.13. The van der Waals surface area contributed by atoms with Crippen LogP contribution in [0.4, 0.5) is 0 Å². The van der Waals surface area contributed by atoms with E-state index in [0.717, 1.165) is 5.56 Å². The number of benzene rings is 3. The Hall–Kier alpha value is -4.26. The van der Waals surface area contributed by atoms with Crippen LogP contribution in [0.3, 0.4) is 0 Å². The van der Waals surface area contributed by atoms with Crippen molar-refractivity contribution in [2.75, 3.05) is 21.3 Å². The van der Waals surface area contributed by atoms with Gasteiger partial charge in [0.2, 0.25) is 11.5 Å². The number of ketones is 1. The average Bonchev–Trinajstić information content (AvgIpc) is 3.12. The number of hydrogen-bond donors (Lipinski definition) is 0. The number of ether oxygens (including phenoxy) is 5. The molecule has 0 aromatic heterocycles.